The normalized spacial score (nSPS) is 16.6. The van der Waals surface area contributed by atoms with Crippen LogP contribution in [0.2, 0.25) is 0 Å². The smallest absolute Gasteiger partial charge is 0.0992 e. The molecule has 1 fully saturated rings. The first-order valence-corrected chi connectivity index (χ1v) is 7.07. The zero-order valence-corrected chi connectivity index (χ0v) is 12.2. The highest BCUT2D eigenvalue weighted by molar-refractivity contribution is 9.10. The summed E-state index contributed by atoms with van der Waals surface area (Å²) in [6.45, 7) is 2.44. The second-order valence-corrected chi connectivity index (χ2v) is 5.51. The summed E-state index contributed by atoms with van der Waals surface area (Å²) in [5, 5.41) is 21.0. The summed E-state index contributed by atoms with van der Waals surface area (Å²) in [5.41, 5.74) is 1.68. The summed E-state index contributed by atoms with van der Waals surface area (Å²) in [6.07, 6.45) is 2.07. The van der Waals surface area contributed by atoms with E-state index in [1.807, 2.05) is 18.2 Å². The van der Waals surface area contributed by atoms with E-state index in [1.165, 1.54) is 0 Å². The molecule has 0 aromatic heterocycles. The van der Waals surface area contributed by atoms with Crippen LogP contribution in [0.5, 0.6) is 0 Å². The van der Waals surface area contributed by atoms with Gasteiger partial charge in [-0.3, -0.25) is 4.90 Å². The Labute approximate surface area is 121 Å². The van der Waals surface area contributed by atoms with Gasteiger partial charge in [-0.15, -0.1) is 0 Å². The number of nitrogens with one attached hydrogen (secondary N) is 1. The van der Waals surface area contributed by atoms with Gasteiger partial charge in [0.15, 0.2) is 0 Å². The third kappa shape index (κ3) is 3.70. The number of anilines is 1. The predicted octanol–water partition coefficient (Wildman–Crippen LogP) is 2.72. The molecule has 0 atom stereocenters. The second-order valence-electron chi connectivity index (χ2n) is 4.66. The average Bonchev–Trinajstić information content (AvgIpc) is 2.43. The number of piperidine rings is 1. The van der Waals surface area contributed by atoms with Crippen LogP contribution in [0.1, 0.15) is 18.4 Å². The van der Waals surface area contributed by atoms with E-state index in [0.717, 1.165) is 36.1 Å². The summed E-state index contributed by atoms with van der Waals surface area (Å²) in [6, 6.07) is 10.3. The van der Waals surface area contributed by atoms with Crippen LogP contribution in [0.15, 0.2) is 22.7 Å². The zero-order chi connectivity index (χ0) is 13.7. The summed E-state index contributed by atoms with van der Waals surface area (Å²) in [7, 11) is 0. The average molecular weight is 319 g/mol. The summed E-state index contributed by atoms with van der Waals surface area (Å²) in [5.74, 6) is 0. The van der Waals surface area contributed by atoms with E-state index >= 15 is 0 Å². The molecule has 98 valence electrons. The lowest BCUT2D eigenvalue weighted by molar-refractivity contribution is 0.242. The van der Waals surface area contributed by atoms with Gasteiger partial charge in [0, 0.05) is 29.3 Å². The Bertz CT molecular complexity index is 521. The maximum atomic E-state index is 8.83. The molecule has 0 saturated carbocycles. The topological polar surface area (TPSA) is 62.9 Å². The molecule has 0 aliphatic carbocycles. The Morgan fingerprint density at radius 2 is 2.05 bits per heavy atom. The molecule has 0 spiro atoms. The van der Waals surface area contributed by atoms with Crippen LogP contribution in [-0.4, -0.2) is 30.6 Å². The van der Waals surface area contributed by atoms with Gasteiger partial charge < -0.3 is 5.32 Å². The number of hydrogen-bond acceptors (Lipinski definition) is 4. The minimum Gasteiger partial charge on any atom is -0.381 e. The Balaban J connectivity index is 1.93. The van der Waals surface area contributed by atoms with Crippen LogP contribution in [-0.2, 0) is 0 Å². The minimum absolute atomic E-state index is 0.430. The van der Waals surface area contributed by atoms with Gasteiger partial charge in [0.1, 0.15) is 0 Å². The molecule has 5 heteroatoms. The molecule has 2 rings (SSSR count). The number of likely N-dealkylation sites (tertiary alicyclic amines) is 1. The van der Waals surface area contributed by atoms with E-state index in [4.69, 9.17) is 10.5 Å². The molecular weight excluding hydrogens is 304 g/mol. The molecule has 1 saturated heterocycles. The first kappa shape index (κ1) is 13.9. The van der Waals surface area contributed by atoms with E-state index in [2.05, 4.69) is 38.3 Å². The number of halogens is 1. The molecule has 0 unspecified atom stereocenters. The number of nitrogens with zero attached hydrogens (tertiary/aromatic N) is 3. The predicted molar refractivity (Wildman–Crippen MR) is 77.6 cm³/mol. The van der Waals surface area contributed by atoms with Crippen LogP contribution in [0, 0.1) is 22.7 Å². The highest BCUT2D eigenvalue weighted by Crippen LogP contribution is 2.26. The van der Waals surface area contributed by atoms with Crippen molar-refractivity contribution in [3.8, 4) is 12.1 Å². The Hall–Kier alpha value is -1.56. The molecule has 1 aromatic carbocycles. The molecule has 4 nitrogen and oxygen atoms in total. The lowest BCUT2D eigenvalue weighted by Gasteiger charge is -2.31. The molecule has 0 radical (unpaired) electrons. The van der Waals surface area contributed by atoms with Crippen LogP contribution < -0.4 is 5.32 Å². The Morgan fingerprint density at radius 3 is 2.63 bits per heavy atom. The molecule has 1 aliphatic rings. The van der Waals surface area contributed by atoms with E-state index in [9.17, 15) is 0 Å². The molecule has 1 heterocycles. The van der Waals surface area contributed by atoms with Crippen molar-refractivity contribution >= 4 is 21.6 Å². The van der Waals surface area contributed by atoms with Crippen LogP contribution >= 0.6 is 15.9 Å². The number of rotatable bonds is 3. The van der Waals surface area contributed by atoms with Gasteiger partial charge in [-0.25, -0.2) is 0 Å². The summed E-state index contributed by atoms with van der Waals surface area (Å²) >= 11 is 3.48. The maximum Gasteiger partial charge on any atom is 0.0992 e. The maximum absolute atomic E-state index is 8.83. The molecule has 19 heavy (non-hydrogen) atoms. The summed E-state index contributed by atoms with van der Waals surface area (Å²) < 4.78 is 0.922. The molecule has 1 aliphatic heterocycles. The van der Waals surface area contributed by atoms with Crippen molar-refractivity contribution < 1.29 is 0 Å². The van der Waals surface area contributed by atoms with Crippen molar-refractivity contribution in [3.63, 3.8) is 0 Å². The third-order valence-corrected chi connectivity index (χ3v) is 4.00. The van der Waals surface area contributed by atoms with Crippen LogP contribution in [0.4, 0.5) is 5.69 Å². The van der Waals surface area contributed by atoms with Crippen molar-refractivity contribution in [3.05, 3.63) is 28.2 Å². The highest BCUT2D eigenvalue weighted by Gasteiger charge is 2.19. The Morgan fingerprint density at radius 1 is 1.32 bits per heavy atom. The van der Waals surface area contributed by atoms with E-state index in [0.29, 0.717) is 18.2 Å². The molecule has 1 aromatic rings. The molecule has 1 N–H and O–H groups in total. The zero-order valence-electron chi connectivity index (χ0n) is 10.6. The fourth-order valence-electron chi connectivity index (χ4n) is 2.26. The van der Waals surface area contributed by atoms with Gasteiger partial charge in [0.2, 0.25) is 0 Å². The number of benzene rings is 1. The van der Waals surface area contributed by atoms with E-state index in [-0.39, 0.29) is 0 Å². The van der Waals surface area contributed by atoms with Gasteiger partial charge in [-0.1, -0.05) is 0 Å². The summed E-state index contributed by atoms with van der Waals surface area (Å²) in [4.78, 5) is 2.17. The van der Waals surface area contributed by atoms with Crippen molar-refractivity contribution in [2.45, 2.75) is 18.9 Å². The molecule has 0 amide bonds. The number of hydrogen-bond donors (Lipinski definition) is 1. The standard InChI is InChI=1S/C14H15BrN4/c15-13-9-11(10-17)1-2-14(13)18-12-3-6-19(7-4-12)8-5-16/h1-2,9,12,18H,3-4,6-8H2. The van der Waals surface area contributed by atoms with Crippen molar-refractivity contribution in [2.24, 2.45) is 0 Å². The van der Waals surface area contributed by atoms with Crippen molar-refractivity contribution in [2.75, 3.05) is 25.0 Å². The monoisotopic (exact) mass is 318 g/mol. The second kappa shape index (κ2) is 6.56. The first-order valence-electron chi connectivity index (χ1n) is 6.28. The van der Waals surface area contributed by atoms with E-state index < -0.39 is 0 Å². The SMILES string of the molecule is N#CCN1CCC(Nc2ccc(C#N)cc2Br)CC1. The number of nitriles is 2. The van der Waals surface area contributed by atoms with Crippen molar-refractivity contribution in [1.82, 2.24) is 4.90 Å². The lowest BCUT2D eigenvalue weighted by atomic mass is 10.0. The first-order chi connectivity index (χ1) is 9.22. The minimum atomic E-state index is 0.430. The lowest BCUT2D eigenvalue weighted by Crippen LogP contribution is -2.39. The fraction of sp³-hybridized carbons (Fsp3) is 0.429. The quantitative estimate of drug-likeness (QED) is 0.870. The largest absolute Gasteiger partial charge is 0.381 e. The third-order valence-electron chi connectivity index (χ3n) is 3.34. The van der Waals surface area contributed by atoms with E-state index in [1.54, 1.807) is 0 Å². The van der Waals surface area contributed by atoms with Crippen molar-refractivity contribution in [1.29, 1.82) is 10.5 Å². The van der Waals surface area contributed by atoms with Gasteiger partial charge in [-0.05, 0) is 47.0 Å². The van der Waals surface area contributed by atoms with Gasteiger partial charge in [0.05, 0.1) is 24.2 Å². The van der Waals surface area contributed by atoms with Gasteiger partial charge in [0.25, 0.3) is 0 Å². The fourth-order valence-corrected chi connectivity index (χ4v) is 2.75. The van der Waals surface area contributed by atoms with Gasteiger partial charge >= 0.3 is 0 Å². The van der Waals surface area contributed by atoms with Gasteiger partial charge in [-0.2, -0.15) is 10.5 Å². The molecule has 0 bridgehead atoms. The van der Waals surface area contributed by atoms with Crippen LogP contribution in [0.3, 0.4) is 0 Å². The molecular formula is C14H15BrN4. The highest BCUT2D eigenvalue weighted by atomic mass is 79.9. The Kier molecular flexibility index (Phi) is 4.79. The van der Waals surface area contributed by atoms with Crippen LogP contribution in [0.25, 0.3) is 0 Å².